The molecule has 1 aliphatic heterocycles. The number of aliphatic hydroxyl groups excluding tert-OH is 2. The average Bonchev–Trinajstić information content (AvgIpc) is 2.40. The van der Waals surface area contributed by atoms with Crippen LogP contribution in [0.5, 0.6) is 0 Å². The van der Waals surface area contributed by atoms with Crippen molar-refractivity contribution in [3.8, 4) is 0 Å². The van der Waals surface area contributed by atoms with E-state index in [9.17, 15) is 15.0 Å². The van der Waals surface area contributed by atoms with E-state index in [0.29, 0.717) is 24.2 Å². The molecule has 0 atom stereocenters. The Hall–Kier alpha value is -1.79. The van der Waals surface area contributed by atoms with E-state index in [1.165, 1.54) is 0 Å². The van der Waals surface area contributed by atoms with Crippen molar-refractivity contribution >= 4 is 23.0 Å². The molecule has 1 heterocycles. The molecule has 1 amide bonds. The molecule has 6 N–H and O–H groups in total. The number of carbonyl (C=O) groups is 1. The third-order valence-electron chi connectivity index (χ3n) is 3.31. The molecule has 0 aliphatic carbocycles. The fraction of sp³-hybridized carbons (Fsp3) is 0.462. The smallest absolute Gasteiger partial charge is 0.224 e. The van der Waals surface area contributed by atoms with E-state index in [0.717, 1.165) is 11.3 Å². The zero-order valence-electron chi connectivity index (χ0n) is 10.9. The fourth-order valence-electron chi connectivity index (χ4n) is 2.01. The summed E-state index contributed by atoms with van der Waals surface area (Å²) in [5.74, 6) is -0.0182. The first-order chi connectivity index (χ1) is 8.97. The second kappa shape index (κ2) is 5.07. The number of nitrogens with two attached hydrogens (primary N) is 1. The van der Waals surface area contributed by atoms with Gasteiger partial charge in [-0.1, -0.05) is 0 Å². The maximum Gasteiger partial charge on any atom is 0.224 e. The summed E-state index contributed by atoms with van der Waals surface area (Å²) in [5, 5.41) is 24.4. The van der Waals surface area contributed by atoms with Gasteiger partial charge in [-0.05, 0) is 31.0 Å². The van der Waals surface area contributed by atoms with Crippen LogP contribution >= 0.6 is 0 Å². The number of rotatable bonds is 4. The Bertz CT molecular complexity index is 498. The van der Waals surface area contributed by atoms with E-state index in [4.69, 9.17) is 5.73 Å². The van der Waals surface area contributed by atoms with Crippen LogP contribution in [0.15, 0.2) is 12.1 Å². The molecule has 1 aliphatic rings. The van der Waals surface area contributed by atoms with Gasteiger partial charge in [0.05, 0.1) is 30.1 Å². The number of nitrogens with one attached hydrogen (secondary N) is 2. The van der Waals surface area contributed by atoms with Crippen LogP contribution in [0.2, 0.25) is 0 Å². The molecule has 0 fully saturated rings. The Kier molecular flexibility index (Phi) is 3.64. The molecule has 2 rings (SSSR count). The van der Waals surface area contributed by atoms with Gasteiger partial charge in [0.2, 0.25) is 5.91 Å². The van der Waals surface area contributed by atoms with Crippen molar-refractivity contribution < 1.29 is 15.0 Å². The SMILES string of the molecule is CC(CO)(CO)Nc1cc2c(cc1N)CCC(=O)N2. The van der Waals surface area contributed by atoms with E-state index in [-0.39, 0.29) is 19.1 Å². The zero-order valence-corrected chi connectivity index (χ0v) is 10.9. The van der Waals surface area contributed by atoms with E-state index in [2.05, 4.69) is 10.6 Å². The van der Waals surface area contributed by atoms with Gasteiger partial charge in [-0.2, -0.15) is 0 Å². The van der Waals surface area contributed by atoms with E-state index in [1.807, 2.05) is 6.07 Å². The molecule has 1 aromatic carbocycles. The molecule has 0 spiro atoms. The predicted octanol–water partition coefficient (Wildman–Crippen LogP) is 0.309. The van der Waals surface area contributed by atoms with Gasteiger partial charge in [-0.15, -0.1) is 0 Å². The minimum atomic E-state index is -0.860. The normalized spacial score (nSPS) is 14.8. The third-order valence-corrected chi connectivity index (χ3v) is 3.31. The second-order valence-corrected chi connectivity index (χ2v) is 5.15. The first-order valence-electron chi connectivity index (χ1n) is 6.19. The number of fused-ring (bicyclic) bond motifs is 1. The lowest BCUT2D eigenvalue weighted by atomic mass is 9.99. The number of anilines is 3. The Labute approximate surface area is 111 Å². The summed E-state index contributed by atoms with van der Waals surface area (Å²) in [7, 11) is 0. The van der Waals surface area contributed by atoms with Gasteiger partial charge in [-0.3, -0.25) is 4.79 Å². The van der Waals surface area contributed by atoms with Crippen LogP contribution in [-0.2, 0) is 11.2 Å². The predicted molar refractivity (Wildman–Crippen MR) is 74.0 cm³/mol. The Morgan fingerprint density at radius 2 is 2.05 bits per heavy atom. The van der Waals surface area contributed by atoms with Crippen molar-refractivity contribution in [2.75, 3.05) is 29.6 Å². The van der Waals surface area contributed by atoms with Crippen molar-refractivity contribution in [1.82, 2.24) is 0 Å². The van der Waals surface area contributed by atoms with Crippen molar-refractivity contribution in [3.05, 3.63) is 17.7 Å². The molecule has 0 saturated carbocycles. The first-order valence-corrected chi connectivity index (χ1v) is 6.19. The Balaban J connectivity index is 2.31. The van der Waals surface area contributed by atoms with Crippen LogP contribution < -0.4 is 16.4 Å². The van der Waals surface area contributed by atoms with Crippen LogP contribution in [0.25, 0.3) is 0 Å². The lowest BCUT2D eigenvalue weighted by Gasteiger charge is -2.29. The molecular formula is C13H19N3O3. The molecule has 6 nitrogen and oxygen atoms in total. The lowest BCUT2D eigenvalue weighted by Crippen LogP contribution is -2.42. The summed E-state index contributed by atoms with van der Waals surface area (Å²) in [4.78, 5) is 11.4. The molecule has 0 unspecified atom stereocenters. The molecule has 0 radical (unpaired) electrons. The molecule has 6 heteroatoms. The first kappa shape index (κ1) is 13.6. The molecular weight excluding hydrogens is 246 g/mol. The number of amides is 1. The van der Waals surface area contributed by atoms with Crippen LogP contribution in [-0.4, -0.2) is 34.9 Å². The van der Waals surface area contributed by atoms with Crippen molar-refractivity contribution in [3.63, 3.8) is 0 Å². The molecule has 0 aromatic heterocycles. The van der Waals surface area contributed by atoms with Crippen LogP contribution in [0.1, 0.15) is 18.9 Å². The topological polar surface area (TPSA) is 108 Å². The second-order valence-electron chi connectivity index (χ2n) is 5.15. The third kappa shape index (κ3) is 2.80. The van der Waals surface area contributed by atoms with Gasteiger partial charge in [0, 0.05) is 12.1 Å². The number of aliphatic hydroxyl groups is 2. The molecule has 104 valence electrons. The molecule has 19 heavy (non-hydrogen) atoms. The number of nitrogen functional groups attached to an aromatic ring is 1. The highest BCUT2D eigenvalue weighted by molar-refractivity contribution is 5.95. The van der Waals surface area contributed by atoms with Crippen LogP contribution in [0.4, 0.5) is 17.1 Å². The Morgan fingerprint density at radius 1 is 1.37 bits per heavy atom. The van der Waals surface area contributed by atoms with Gasteiger partial charge in [0.15, 0.2) is 0 Å². The summed E-state index contributed by atoms with van der Waals surface area (Å²) >= 11 is 0. The maximum absolute atomic E-state index is 11.4. The molecule has 1 aromatic rings. The number of benzene rings is 1. The van der Waals surface area contributed by atoms with Gasteiger partial charge in [0.1, 0.15) is 0 Å². The minimum Gasteiger partial charge on any atom is -0.397 e. The van der Waals surface area contributed by atoms with Gasteiger partial charge < -0.3 is 26.6 Å². The summed E-state index contributed by atoms with van der Waals surface area (Å²) < 4.78 is 0. The summed E-state index contributed by atoms with van der Waals surface area (Å²) in [6, 6.07) is 3.55. The van der Waals surface area contributed by atoms with Crippen LogP contribution in [0, 0.1) is 0 Å². The van der Waals surface area contributed by atoms with Gasteiger partial charge in [0.25, 0.3) is 0 Å². The fourth-order valence-corrected chi connectivity index (χ4v) is 2.01. The minimum absolute atomic E-state index is 0.0182. The van der Waals surface area contributed by atoms with Crippen LogP contribution in [0.3, 0.4) is 0 Å². The van der Waals surface area contributed by atoms with Crippen molar-refractivity contribution in [2.24, 2.45) is 0 Å². The largest absolute Gasteiger partial charge is 0.397 e. The standard InChI is InChI=1S/C13H19N3O3/c1-13(6-17,7-18)16-11-5-10-8(4-9(11)14)2-3-12(19)15-10/h4-5,16-18H,2-3,6-7,14H2,1H3,(H,15,19). The lowest BCUT2D eigenvalue weighted by molar-refractivity contribution is -0.116. The van der Waals surface area contributed by atoms with Crippen molar-refractivity contribution in [2.45, 2.75) is 25.3 Å². The van der Waals surface area contributed by atoms with Gasteiger partial charge in [-0.25, -0.2) is 0 Å². The van der Waals surface area contributed by atoms with E-state index < -0.39 is 5.54 Å². The number of aryl methyl sites for hydroxylation is 1. The van der Waals surface area contributed by atoms with E-state index >= 15 is 0 Å². The number of hydrogen-bond acceptors (Lipinski definition) is 5. The number of hydrogen-bond donors (Lipinski definition) is 5. The summed E-state index contributed by atoms with van der Waals surface area (Å²) in [6.07, 6.45) is 1.13. The Morgan fingerprint density at radius 3 is 2.68 bits per heavy atom. The van der Waals surface area contributed by atoms with Gasteiger partial charge >= 0.3 is 0 Å². The van der Waals surface area contributed by atoms with Crippen molar-refractivity contribution in [1.29, 1.82) is 0 Å². The zero-order chi connectivity index (χ0) is 14.0. The summed E-state index contributed by atoms with van der Waals surface area (Å²) in [6.45, 7) is 1.23. The highest BCUT2D eigenvalue weighted by atomic mass is 16.3. The highest BCUT2D eigenvalue weighted by Crippen LogP contribution is 2.32. The average molecular weight is 265 g/mol. The molecule has 0 bridgehead atoms. The monoisotopic (exact) mass is 265 g/mol. The molecule has 0 saturated heterocycles. The summed E-state index contributed by atoms with van der Waals surface area (Å²) in [5.41, 5.74) is 7.94. The van der Waals surface area contributed by atoms with E-state index in [1.54, 1.807) is 13.0 Å². The number of carbonyl (C=O) groups excluding carboxylic acids is 1. The maximum atomic E-state index is 11.4. The quantitative estimate of drug-likeness (QED) is 0.504. The highest BCUT2D eigenvalue weighted by Gasteiger charge is 2.24.